The van der Waals surface area contributed by atoms with Crippen molar-refractivity contribution in [1.29, 1.82) is 0 Å². The molecule has 0 spiro atoms. The van der Waals surface area contributed by atoms with E-state index in [1.165, 1.54) is 38.0 Å². The molecule has 154 valence electrons. The summed E-state index contributed by atoms with van der Waals surface area (Å²) in [5, 5.41) is 2.74. The molecule has 29 heavy (non-hydrogen) atoms. The fraction of sp³-hybridized carbons (Fsp3) is 0.348. The molecule has 1 unspecified atom stereocenters. The first-order chi connectivity index (χ1) is 13.8. The number of hydrogen-bond acceptors (Lipinski definition) is 5. The summed E-state index contributed by atoms with van der Waals surface area (Å²) < 4.78 is 9.48. The van der Waals surface area contributed by atoms with Crippen LogP contribution in [0.1, 0.15) is 58.5 Å². The SMILES string of the molecule is COC(=O)c1ccc(C(=O)OC)c(NC(=O)C(C)c2ccc(CC(C)C)cc2)c1. The van der Waals surface area contributed by atoms with Gasteiger partial charge in [0.15, 0.2) is 0 Å². The van der Waals surface area contributed by atoms with E-state index < -0.39 is 17.9 Å². The molecule has 2 rings (SSSR count). The van der Waals surface area contributed by atoms with E-state index in [1.807, 2.05) is 24.3 Å². The highest BCUT2D eigenvalue weighted by atomic mass is 16.5. The van der Waals surface area contributed by atoms with Gasteiger partial charge in [0.1, 0.15) is 0 Å². The van der Waals surface area contributed by atoms with Crippen molar-refractivity contribution in [2.24, 2.45) is 5.92 Å². The van der Waals surface area contributed by atoms with Crippen LogP contribution in [0.4, 0.5) is 5.69 Å². The van der Waals surface area contributed by atoms with E-state index in [9.17, 15) is 14.4 Å². The molecule has 1 atom stereocenters. The summed E-state index contributed by atoms with van der Waals surface area (Å²) >= 11 is 0. The Balaban J connectivity index is 2.25. The third-order valence-electron chi connectivity index (χ3n) is 4.62. The molecule has 0 radical (unpaired) electrons. The smallest absolute Gasteiger partial charge is 0.339 e. The number of carbonyl (C=O) groups excluding carboxylic acids is 3. The lowest BCUT2D eigenvalue weighted by Gasteiger charge is -2.16. The Bertz CT molecular complexity index is 887. The molecule has 2 aromatic carbocycles. The number of amides is 1. The van der Waals surface area contributed by atoms with Gasteiger partial charge in [-0.1, -0.05) is 38.1 Å². The first kappa shape index (κ1) is 22.1. The van der Waals surface area contributed by atoms with Crippen LogP contribution in [-0.4, -0.2) is 32.1 Å². The first-order valence-electron chi connectivity index (χ1n) is 9.47. The Kier molecular flexibility index (Phi) is 7.53. The van der Waals surface area contributed by atoms with E-state index in [4.69, 9.17) is 9.47 Å². The molecule has 0 saturated carbocycles. The number of hydrogen-bond donors (Lipinski definition) is 1. The zero-order valence-corrected chi connectivity index (χ0v) is 17.4. The highest BCUT2D eigenvalue weighted by molar-refractivity contribution is 6.04. The maximum absolute atomic E-state index is 12.8. The number of benzene rings is 2. The molecule has 6 nitrogen and oxygen atoms in total. The van der Waals surface area contributed by atoms with Gasteiger partial charge in [-0.25, -0.2) is 9.59 Å². The summed E-state index contributed by atoms with van der Waals surface area (Å²) in [5.41, 5.74) is 2.66. The minimum atomic E-state index is -0.609. The quantitative estimate of drug-likeness (QED) is 0.708. The van der Waals surface area contributed by atoms with Gasteiger partial charge in [0, 0.05) is 0 Å². The van der Waals surface area contributed by atoms with Crippen molar-refractivity contribution in [1.82, 2.24) is 0 Å². The predicted molar refractivity (Wildman–Crippen MR) is 111 cm³/mol. The summed E-state index contributed by atoms with van der Waals surface area (Å²) in [6.45, 7) is 6.10. The molecule has 2 aromatic rings. The first-order valence-corrected chi connectivity index (χ1v) is 9.47. The molecular weight excluding hydrogens is 370 g/mol. The topological polar surface area (TPSA) is 81.7 Å². The van der Waals surface area contributed by atoms with Gasteiger partial charge < -0.3 is 14.8 Å². The summed E-state index contributed by atoms with van der Waals surface area (Å²) in [4.78, 5) is 36.7. The second-order valence-corrected chi connectivity index (χ2v) is 7.29. The number of carbonyl (C=O) groups is 3. The van der Waals surface area contributed by atoms with Crippen molar-refractivity contribution >= 4 is 23.5 Å². The average Bonchev–Trinajstić information content (AvgIpc) is 2.72. The Morgan fingerprint density at radius 3 is 2.07 bits per heavy atom. The van der Waals surface area contributed by atoms with Gasteiger partial charge in [0.05, 0.1) is 37.0 Å². The zero-order chi connectivity index (χ0) is 21.6. The van der Waals surface area contributed by atoms with Gasteiger partial charge in [0.25, 0.3) is 0 Å². The molecule has 6 heteroatoms. The van der Waals surface area contributed by atoms with Crippen LogP contribution in [-0.2, 0) is 20.7 Å². The molecule has 0 aliphatic heterocycles. The van der Waals surface area contributed by atoms with E-state index >= 15 is 0 Å². The molecule has 0 heterocycles. The van der Waals surface area contributed by atoms with Gasteiger partial charge >= 0.3 is 11.9 Å². The standard InChI is InChI=1S/C23H27NO5/c1-14(2)12-16-6-8-17(9-7-16)15(3)21(25)24-20-13-18(22(26)28-4)10-11-19(20)23(27)29-5/h6-11,13-15H,12H2,1-5H3,(H,24,25). The normalized spacial score (nSPS) is 11.7. The van der Waals surface area contributed by atoms with Crippen molar-refractivity contribution < 1.29 is 23.9 Å². The second-order valence-electron chi connectivity index (χ2n) is 7.29. The zero-order valence-electron chi connectivity index (χ0n) is 17.4. The van der Waals surface area contributed by atoms with E-state index in [0.29, 0.717) is 5.92 Å². The van der Waals surface area contributed by atoms with Gasteiger partial charge in [-0.2, -0.15) is 0 Å². The summed E-state index contributed by atoms with van der Waals surface area (Å²) in [5.74, 6) is -1.36. The summed E-state index contributed by atoms with van der Waals surface area (Å²) in [6.07, 6.45) is 0.976. The predicted octanol–water partition coefficient (Wildman–Crippen LogP) is 4.20. The number of rotatable bonds is 7. The third kappa shape index (κ3) is 5.67. The fourth-order valence-electron chi connectivity index (χ4n) is 2.99. The van der Waals surface area contributed by atoms with E-state index in [1.54, 1.807) is 6.92 Å². The average molecular weight is 397 g/mol. The van der Waals surface area contributed by atoms with Crippen LogP contribution in [0.3, 0.4) is 0 Å². The number of nitrogens with one attached hydrogen (secondary N) is 1. The van der Waals surface area contributed by atoms with Crippen molar-refractivity contribution in [3.63, 3.8) is 0 Å². The molecular formula is C23H27NO5. The van der Waals surface area contributed by atoms with Crippen LogP contribution in [0.2, 0.25) is 0 Å². The van der Waals surface area contributed by atoms with Gasteiger partial charge in [-0.15, -0.1) is 0 Å². The van der Waals surface area contributed by atoms with Crippen LogP contribution >= 0.6 is 0 Å². The lowest BCUT2D eigenvalue weighted by Crippen LogP contribution is -2.21. The lowest BCUT2D eigenvalue weighted by atomic mass is 9.96. The minimum Gasteiger partial charge on any atom is -0.465 e. The molecule has 0 aliphatic carbocycles. The number of ether oxygens (including phenoxy) is 2. The molecule has 0 fully saturated rings. The minimum absolute atomic E-state index is 0.160. The third-order valence-corrected chi connectivity index (χ3v) is 4.62. The second kappa shape index (κ2) is 9.87. The van der Waals surface area contributed by atoms with Crippen molar-refractivity contribution in [3.8, 4) is 0 Å². The Morgan fingerprint density at radius 1 is 0.897 bits per heavy atom. The lowest BCUT2D eigenvalue weighted by molar-refractivity contribution is -0.117. The van der Waals surface area contributed by atoms with Crippen LogP contribution in [0.25, 0.3) is 0 Å². The van der Waals surface area contributed by atoms with E-state index in [-0.39, 0.29) is 22.7 Å². The highest BCUT2D eigenvalue weighted by Gasteiger charge is 2.21. The van der Waals surface area contributed by atoms with Crippen LogP contribution < -0.4 is 5.32 Å². The van der Waals surface area contributed by atoms with Gasteiger partial charge in [0.2, 0.25) is 5.91 Å². The molecule has 0 aromatic heterocycles. The molecule has 0 aliphatic rings. The van der Waals surface area contributed by atoms with Crippen molar-refractivity contribution in [2.75, 3.05) is 19.5 Å². The van der Waals surface area contributed by atoms with Crippen LogP contribution in [0.15, 0.2) is 42.5 Å². The molecule has 1 amide bonds. The van der Waals surface area contributed by atoms with Crippen molar-refractivity contribution in [3.05, 3.63) is 64.7 Å². The van der Waals surface area contributed by atoms with Crippen LogP contribution in [0, 0.1) is 5.92 Å². The fourth-order valence-corrected chi connectivity index (χ4v) is 2.99. The molecule has 1 N–H and O–H groups in total. The largest absolute Gasteiger partial charge is 0.465 e. The molecule has 0 bridgehead atoms. The molecule has 0 saturated heterocycles. The maximum atomic E-state index is 12.8. The van der Waals surface area contributed by atoms with E-state index in [0.717, 1.165) is 12.0 Å². The number of methoxy groups -OCH3 is 2. The monoisotopic (exact) mass is 397 g/mol. The van der Waals surface area contributed by atoms with E-state index in [2.05, 4.69) is 19.2 Å². The Hall–Kier alpha value is -3.15. The summed E-state index contributed by atoms with van der Waals surface area (Å²) in [7, 11) is 2.52. The number of esters is 2. The van der Waals surface area contributed by atoms with Gasteiger partial charge in [-0.05, 0) is 48.6 Å². The maximum Gasteiger partial charge on any atom is 0.339 e. The van der Waals surface area contributed by atoms with Gasteiger partial charge in [-0.3, -0.25) is 4.79 Å². The Morgan fingerprint density at radius 2 is 1.52 bits per heavy atom. The summed E-state index contributed by atoms with van der Waals surface area (Å²) in [6, 6.07) is 12.2. The highest BCUT2D eigenvalue weighted by Crippen LogP contribution is 2.23. The Labute approximate surface area is 171 Å². The number of anilines is 1. The van der Waals surface area contributed by atoms with Crippen LogP contribution in [0.5, 0.6) is 0 Å². The van der Waals surface area contributed by atoms with Crippen molar-refractivity contribution in [2.45, 2.75) is 33.1 Å².